The molecule has 2 unspecified atom stereocenters. The van der Waals surface area contributed by atoms with Gasteiger partial charge in [-0.05, 0) is 31.4 Å². The normalized spacial score (nSPS) is 26.5. The molecule has 1 aromatic rings. The molecule has 0 bridgehead atoms. The van der Waals surface area contributed by atoms with Crippen LogP contribution < -0.4 is 5.73 Å². The standard InChI is InChI=1S/C13H17N3O3S2/c14-13(20)10-5-4-9(8-15-10)21(17,18)16-6-7-19-12-3-1-2-11(12)16/h4-5,8,11-12H,1-3,6-7H2,(H2,14,20). The van der Waals surface area contributed by atoms with Gasteiger partial charge < -0.3 is 10.5 Å². The number of hydrogen-bond donors (Lipinski definition) is 1. The molecule has 2 heterocycles. The Bertz CT molecular complexity index is 645. The van der Waals surface area contributed by atoms with E-state index in [1.165, 1.54) is 12.3 Å². The van der Waals surface area contributed by atoms with Crippen molar-refractivity contribution in [2.75, 3.05) is 13.2 Å². The summed E-state index contributed by atoms with van der Waals surface area (Å²) in [6.45, 7) is 0.833. The molecule has 1 saturated heterocycles. The molecule has 21 heavy (non-hydrogen) atoms. The summed E-state index contributed by atoms with van der Waals surface area (Å²) in [6.07, 6.45) is 4.12. The molecule has 6 nitrogen and oxygen atoms in total. The average Bonchev–Trinajstić information content (AvgIpc) is 2.95. The van der Waals surface area contributed by atoms with E-state index < -0.39 is 10.0 Å². The Kier molecular flexibility index (Phi) is 3.96. The Labute approximate surface area is 129 Å². The Hall–Kier alpha value is -1.09. The van der Waals surface area contributed by atoms with Crippen molar-refractivity contribution in [3.05, 3.63) is 24.0 Å². The molecule has 1 aromatic heterocycles. The van der Waals surface area contributed by atoms with E-state index in [2.05, 4.69) is 4.98 Å². The molecule has 1 aliphatic heterocycles. The highest BCUT2D eigenvalue weighted by atomic mass is 32.2. The zero-order chi connectivity index (χ0) is 15.0. The van der Waals surface area contributed by atoms with Gasteiger partial charge in [0.05, 0.1) is 24.4 Å². The summed E-state index contributed by atoms with van der Waals surface area (Å²) >= 11 is 4.82. The summed E-state index contributed by atoms with van der Waals surface area (Å²) in [5.74, 6) is 0. The number of nitrogens with zero attached hydrogens (tertiary/aromatic N) is 2. The van der Waals surface area contributed by atoms with Gasteiger partial charge in [-0.15, -0.1) is 0 Å². The largest absolute Gasteiger partial charge is 0.388 e. The van der Waals surface area contributed by atoms with Crippen molar-refractivity contribution in [1.82, 2.24) is 9.29 Å². The molecule has 0 aromatic carbocycles. The Balaban J connectivity index is 1.90. The van der Waals surface area contributed by atoms with Gasteiger partial charge in [0.2, 0.25) is 10.0 Å². The van der Waals surface area contributed by atoms with Crippen molar-refractivity contribution in [1.29, 1.82) is 0 Å². The third-order valence-corrected chi connectivity index (χ3v) is 6.14. The number of fused-ring (bicyclic) bond motifs is 1. The van der Waals surface area contributed by atoms with Gasteiger partial charge in [-0.1, -0.05) is 12.2 Å². The van der Waals surface area contributed by atoms with Crippen LogP contribution in [-0.4, -0.2) is 48.0 Å². The van der Waals surface area contributed by atoms with E-state index in [4.69, 9.17) is 22.7 Å². The zero-order valence-electron chi connectivity index (χ0n) is 11.4. The summed E-state index contributed by atoms with van der Waals surface area (Å²) in [5, 5.41) is 0. The predicted molar refractivity (Wildman–Crippen MR) is 81.4 cm³/mol. The van der Waals surface area contributed by atoms with Crippen LogP contribution in [0.1, 0.15) is 25.0 Å². The van der Waals surface area contributed by atoms with Crippen molar-refractivity contribution < 1.29 is 13.2 Å². The van der Waals surface area contributed by atoms with E-state index in [0.717, 1.165) is 19.3 Å². The highest BCUT2D eigenvalue weighted by molar-refractivity contribution is 7.89. The van der Waals surface area contributed by atoms with Gasteiger partial charge in [-0.3, -0.25) is 4.98 Å². The molecular formula is C13H17N3O3S2. The van der Waals surface area contributed by atoms with E-state index >= 15 is 0 Å². The van der Waals surface area contributed by atoms with Crippen LogP contribution in [0.2, 0.25) is 0 Å². The number of rotatable bonds is 3. The number of morpholine rings is 1. The minimum absolute atomic E-state index is 0.0253. The van der Waals surface area contributed by atoms with Gasteiger partial charge in [-0.2, -0.15) is 4.31 Å². The lowest BCUT2D eigenvalue weighted by molar-refractivity contribution is -0.0241. The molecule has 0 amide bonds. The number of thiocarbonyl (C=S) groups is 1. The maximum atomic E-state index is 12.8. The zero-order valence-corrected chi connectivity index (χ0v) is 13.1. The van der Waals surface area contributed by atoms with Gasteiger partial charge in [0.15, 0.2) is 0 Å². The number of hydrogen-bond acceptors (Lipinski definition) is 5. The molecule has 1 aliphatic carbocycles. The van der Waals surface area contributed by atoms with Crippen LogP contribution in [0, 0.1) is 0 Å². The van der Waals surface area contributed by atoms with E-state index in [9.17, 15) is 8.42 Å². The number of pyridine rings is 1. The van der Waals surface area contributed by atoms with Crippen LogP contribution in [0.3, 0.4) is 0 Å². The van der Waals surface area contributed by atoms with Crippen molar-refractivity contribution in [2.45, 2.75) is 36.3 Å². The minimum atomic E-state index is -3.55. The first-order chi connectivity index (χ1) is 10.00. The first kappa shape index (κ1) is 14.8. The fourth-order valence-corrected chi connectivity index (χ4v) is 4.73. The lowest BCUT2D eigenvalue weighted by atomic mass is 10.2. The molecule has 0 spiro atoms. The number of sulfonamides is 1. The van der Waals surface area contributed by atoms with Gasteiger partial charge in [-0.25, -0.2) is 8.42 Å². The molecule has 1 saturated carbocycles. The Morgan fingerprint density at radius 2 is 2.24 bits per heavy atom. The monoisotopic (exact) mass is 327 g/mol. The Morgan fingerprint density at radius 3 is 2.90 bits per heavy atom. The van der Waals surface area contributed by atoms with Crippen LogP contribution >= 0.6 is 12.2 Å². The average molecular weight is 327 g/mol. The number of aromatic nitrogens is 1. The second-order valence-corrected chi connectivity index (χ2v) is 7.60. The third kappa shape index (κ3) is 2.68. The van der Waals surface area contributed by atoms with E-state index in [-0.39, 0.29) is 22.0 Å². The van der Waals surface area contributed by atoms with Crippen molar-refractivity contribution in [3.8, 4) is 0 Å². The maximum absolute atomic E-state index is 12.8. The van der Waals surface area contributed by atoms with Crippen molar-refractivity contribution >= 4 is 27.2 Å². The summed E-state index contributed by atoms with van der Waals surface area (Å²) in [7, 11) is -3.55. The smallest absolute Gasteiger partial charge is 0.245 e. The second kappa shape index (κ2) is 5.60. The highest BCUT2D eigenvalue weighted by Gasteiger charge is 2.42. The Morgan fingerprint density at radius 1 is 1.43 bits per heavy atom. The number of nitrogens with two attached hydrogens (primary N) is 1. The lowest BCUT2D eigenvalue weighted by Gasteiger charge is -2.36. The van der Waals surface area contributed by atoms with Gasteiger partial charge in [0, 0.05) is 12.7 Å². The van der Waals surface area contributed by atoms with E-state index in [0.29, 0.717) is 18.8 Å². The molecule has 2 atom stereocenters. The van der Waals surface area contributed by atoms with Crippen LogP contribution in [0.25, 0.3) is 0 Å². The fourth-order valence-electron chi connectivity index (χ4n) is 3.00. The van der Waals surface area contributed by atoms with Crippen LogP contribution in [0.5, 0.6) is 0 Å². The highest BCUT2D eigenvalue weighted by Crippen LogP contribution is 2.33. The quantitative estimate of drug-likeness (QED) is 0.821. The van der Waals surface area contributed by atoms with Gasteiger partial charge >= 0.3 is 0 Å². The molecule has 114 valence electrons. The molecule has 2 fully saturated rings. The van der Waals surface area contributed by atoms with Crippen LogP contribution in [0.4, 0.5) is 0 Å². The van der Waals surface area contributed by atoms with Gasteiger partial charge in [0.25, 0.3) is 0 Å². The molecule has 8 heteroatoms. The topological polar surface area (TPSA) is 85.5 Å². The van der Waals surface area contributed by atoms with Crippen LogP contribution in [0.15, 0.2) is 23.2 Å². The van der Waals surface area contributed by atoms with Gasteiger partial charge in [0.1, 0.15) is 9.88 Å². The lowest BCUT2D eigenvalue weighted by Crippen LogP contribution is -2.51. The van der Waals surface area contributed by atoms with Crippen molar-refractivity contribution in [2.24, 2.45) is 5.73 Å². The van der Waals surface area contributed by atoms with Crippen molar-refractivity contribution in [3.63, 3.8) is 0 Å². The molecular weight excluding hydrogens is 310 g/mol. The summed E-state index contributed by atoms with van der Waals surface area (Å²) in [6, 6.07) is 3.00. The van der Waals surface area contributed by atoms with Crippen LogP contribution in [-0.2, 0) is 14.8 Å². The first-order valence-corrected chi connectivity index (χ1v) is 8.74. The molecule has 2 aliphatic rings. The minimum Gasteiger partial charge on any atom is -0.388 e. The molecule has 2 N–H and O–H groups in total. The summed E-state index contributed by atoms with van der Waals surface area (Å²) in [4.78, 5) is 4.35. The second-order valence-electron chi connectivity index (χ2n) is 5.27. The van der Waals surface area contributed by atoms with E-state index in [1.54, 1.807) is 10.4 Å². The summed E-state index contributed by atoms with van der Waals surface area (Å²) in [5.41, 5.74) is 5.90. The maximum Gasteiger partial charge on any atom is 0.245 e. The summed E-state index contributed by atoms with van der Waals surface area (Å²) < 4.78 is 32.8. The molecule has 0 radical (unpaired) electrons. The first-order valence-electron chi connectivity index (χ1n) is 6.89. The SMILES string of the molecule is NC(=S)c1ccc(S(=O)(=O)N2CCOC3CCCC32)cn1. The fraction of sp³-hybridized carbons (Fsp3) is 0.538. The third-order valence-electron chi connectivity index (χ3n) is 4.03. The predicted octanol–water partition coefficient (Wildman–Crippen LogP) is 0.658. The number of ether oxygens (including phenoxy) is 1. The molecule has 3 rings (SSSR count). The van der Waals surface area contributed by atoms with E-state index in [1.807, 2.05) is 0 Å².